The van der Waals surface area contributed by atoms with Crippen LogP contribution >= 0.6 is 0 Å². The summed E-state index contributed by atoms with van der Waals surface area (Å²) in [7, 11) is -2.27. The minimum absolute atomic E-state index is 0.114. The van der Waals surface area contributed by atoms with Gasteiger partial charge in [0.15, 0.2) is 0 Å². The maximum atomic E-state index is 13.1. The fourth-order valence-corrected chi connectivity index (χ4v) is 4.03. The molecule has 0 fully saturated rings. The third-order valence-electron chi connectivity index (χ3n) is 4.00. The minimum atomic E-state index is -3.82. The van der Waals surface area contributed by atoms with Crippen molar-refractivity contribution in [1.29, 1.82) is 0 Å². The molecular weight excluding hydrogens is 364 g/mol. The van der Waals surface area contributed by atoms with E-state index in [0.29, 0.717) is 6.61 Å². The van der Waals surface area contributed by atoms with Crippen molar-refractivity contribution in [2.45, 2.75) is 31.3 Å². The van der Waals surface area contributed by atoms with E-state index in [2.05, 4.69) is 5.32 Å². The molecule has 0 aromatic heterocycles. The molecule has 0 aliphatic rings. The summed E-state index contributed by atoms with van der Waals surface area (Å²) >= 11 is 0. The molecule has 0 saturated heterocycles. The molecule has 7 heteroatoms. The van der Waals surface area contributed by atoms with E-state index in [-0.39, 0.29) is 29.9 Å². The molecule has 1 amide bonds. The first-order valence-electron chi connectivity index (χ1n) is 8.72. The Balaban J connectivity index is 2.26. The molecular formula is C20H26N2O4S. The molecule has 2 aromatic rings. The van der Waals surface area contributed by atoms with Gasteiger partial charge in [-0.05, 0) is 31.5 Å². The highest BCUT2D eigenvalue weighted by Crippen LogP contribution is 2.19. The molecule has 0 aliphatic carbocycles. The summed E-state index contributed by atoms with van der Waals surface area (Å²) in [6.07, 6.45) is 0. The van der Waals surface area contributed by atoms with Crippen LogP contribution in [0.25, 0.3) is 0 Å². The van der Waals surface area contributed by atoms with E-state index in [9.17, 15) is 13.2 Å². The van der Waals surface area contributed by atoms with Gasteiger partial charge in [0.25, 0.3) is 0 Å². The van der Waals surface area contributed by atoms with E-state index in [1.54, 1.807) is 38.3 Å². The predicted molar refractivity (Wildman–Crippen MR) is 105 cm³/mol. The van der Waals surface area contributed by atoms with Crippen LogP contribution in [0.5, 0.6) is 0 Å². The van der Waals surface area contributed by atoms with Crippen LogP contribution in [0.3, 0.4) is 0 Å². The van der Waals surface area contributed by atoms with E-state index in [0.717, 1.165) is 11.1 Å². The highest BCUT2D eigenvalue weighted by molar-refractivity contribution is 7.89. The lowest BCUT2D eigenvalue weighted by molar-refractivity contribution is -0.122. The maximum Gasteiger partial charge on any atom is 0.243 e. The van der Waals surface area contributed by atoms with Gasteiger partial charge in [0.2, 0.25) is 15.9 Å². The van der Waals surface area contributed by atoms with Crippen molar-refractivity contribution < 1.29 is 17.9 Å². The van der Waals surface area contributed by atoms with Crippen LogP contribution in [0.2, 0.25) is 0 Å². The number of hydrogen-bond acceptors (Lipinski definition) is 4. The monoisotopic (exact) mass is 390 g/mol. The number of benzene rings is 2. The number of carbonyl (C=O) groups excluding carboxylic acids is 1. The van der Waals surface area contributed by atoms with Gasteiger partial charge in [-0.1, -0.05) is 48.0 Å². The molecule has 6 nitrogen and oxygen atoms in total. The van der Waals surface area contributed by atoms with E-state index >= 15 is 0 Å². The van der Waals surface area contributed by atoms with E-state index in [1.807, 2.05) is 37.3 Å². The Morgan fingerprint density at radius 1 is 1.11 bits per heavy atom. The Bertz CT molecular complexity index is 836. The maximum absolute atomic E-state index is 13.1. The molecule has 146 valence electrons. The van der Waals surface area contributed by atoms with Crippen LogP contribution in [0.1, 0.15) is 18.1 Å². The summed E-state index contributed by atoms with van der Waals surface area (Å²) in [4.78, 5) is 12.6. The van der Waals surface area contributed by atoms with E-state index < -0.39 is 10.0 Å². The fraction of sp³-hybridized carbons (Fsp3) is 0.350. The number of nitrogens with zero attached hydrogens (tertiary/aromatic N) is 1. The highest BCUT2D eigenvalue weighted by atomic mass is 32.2. The zero-order chi connectivity index (χ0) is 19.9. The lowest BCUT2D eigenvalue weighted by Crippen LogP contribution is -2.44. The summed E-state index contributed by atoms with van der Waals surface area (Å²) in [5.74, 6) is -0.369. The van der Waals surface area contributed by atoms with Crippen molar-refractivity contribution in [3.63, 3.8) is 0 Å². The summed E-state index contributed by atoms with van der Waals surface area (Å²) in [5.41, 5.74) is 1.78. The molecule has 2 aromatic carbocycles. The number of methoxy groups -OCH3 is 1. The van der Waals surface area contributed by atoms with Crippen LogP contribution in [-0.2, 0) is 26.1 Å². The van der Waals surface area contributed by atoms with Crippen LogP contribution in [0.15, 0.2) is 59.5 Å². The molecule has 27 heavy (non-hydrogen) atoms. The molecule has 0 radical (unpaired) electrons. The van der Waals surface area contributed by atoms with Crippen LogP contribution in [0, 0.1) is 6.92 Å². The van der Waals surface area contributed by atoms with Crippen molar-refractivity contribution in [3.05, 3.63) is 65.7 Å². The van der Waals surface area contributed by atoms with Gasteiger partial charge in [-0.25, -0.2) is 8.42 Å². The summed E-state index contributed by atoms with van der Waals surface area (Å²) in [6, 6.07) is 15.6. The Labute approximate surface area is 161 Å². The first-order chi connectivity index (χ1) is 12.8. The second-order valence-electron chi connectivity index (χ2n) is 6.50. The zero-order valence-electron chi connectivity index (χ0n) is 15.9. The van der Waals surface area contributed by atoms with Crippen LogP contribution in [-0.4, -0.2) is 44.9 Å². The SMILES string of the molecule is COC[C@H](C)NC(=O)CN(Cc1ccccc1)S(=O)(=O)c1ccc(C)cc1. The number of rotatable bonds is 9. The molecule has 1 N–H and O–H groups in total. The van der Waals surface area contributed by atoms with E-state index in [4.69, 9.17) is 4.74 Å². The predicted octanol–water partition coefficient (Wildman–Crippen LogP) is 2.34. The van der Waals surface area contributed by atoms with Gasteiger partial charge >= 0.3 is 0 Å². The average molecular weight is 391 g/mol. The lowest BCUT2D eigenvalue weighted by atomic mass is 10.2. The molecule has 0 aliphatic heterocycles. The average Bonchev–Trinajstić information content (AvgIpc) is 2.62. The summed E-state index contributed by atoms with van der Waals surface area (Å²) < 4.78 is 32.4. The third kappa shape index (κ3) is 6.16. The third-order valence-corrected chi connectivity index (χ3v) is 5.81. The quantitative estimate of drug-likeness (QED) is 0.713. The molecule has 2 rings (SSSR count). The molecule has 0 spiro atoms. The Hall–Kier alpha value is -2.22. The largest absolute Gasteiger partial charge is 0.383 e. The molecule has 0 bridgehead atoms. The standard InChI is InChI=1S/C20H26N2O4S/c1-16-9-11-19(12-10-16)27(24,25)22(13-18-7-5-4-6-8-18)14-20(23)21-17(2)15-26-3/h4-12,17H,13-15H2,1-3H3,(H,21,23)/t17-/m0/s1. The Morgan fingerprint density at radius 2 is 1.74 bits per heavy atom. The van der Waals surface area contributed by atoms with Crippen LogP contribution < -0.4 is 5.32 Å². The number of sulfonamides is 1. The van der Waals surface area contributed by atoms with Gasteiger partial charge < -0.3 is 10.1 Å². The lowest BCUT2D eigenvalue weighted by Gasteiger charge is -2.23. The van der Waals surface area contributed by atoms with Gasteiger partial charge in [0, 0.05) is 19.7 Å². The van der Waals surface area contributed by atoms with Crippen molar-refractivity contribution in [2.24, 2.45) is 0 Å². The van der Waals surface area contributed by atoms with Gasteiger partial charge in [0.1, 0.15) is 0 Å². The minimum Gasteiger partial charge on any atom is -0.383 e. The van der Waals surface area contributed by atoms with Crippen molar-refractivity contribution in [1.82, 2.24) is 9.62 Å². The number of amides is 1. The molecule has 0 heterocycles. The van der Waals surface area contributed by atoms with Crippen LogP contribution in [0.4, 0.5) is 0 Å². The normalized spacial score (nSPS) is 12.7. The second kappa shape index (κ2) is 9.64. The number of carbonyl (C=O) groups is 1. The smallest absolute Gasteiger partial charge is 0.243 e. The number of ether oxygens (including phenoxy) is 1. The Kier molecular flexibility index (Phi) is 7.53. The first-order valence-corrected chi connectivity index (χ1v) is 10.2. The topological polar surface area (TPSA) is 75.7 Å². The van der Waals surface area contributed by atoms with Gasteiger partial charge in [-0.15, -0.1) is 0 Å². The second-order valence-corrected chi connectivity index (χ2v) is 8.43. The fourth-order valence-electron chi connectivity index (χ4n) is 2.64. The molecule has 1 atom stereocenters. The summed E-state index contributed by atoms with van der Waals surface area (Å²) in [5, 5.41) is 2.76. The summed E-state index contributed by atoms with van der Waals surface area (Å²) in [6.45, 7) is 3.90. The van der Waals surface area contributed by atoms with Crippen molar-refractivity contribution in [3.8, 4) is 0 Å². The number of aryl methyl sites for hydroxylation is 1. The number of nitrogens with one attached hydrogen (secondary N) is 1. The van der Waals surface area contributed by atoms with Gasteiger partial charge in [-0.3, -0.25) is 4.79 Å². The van der Waals surface area contributed by atoms with Gasteiger partial charge in [-0.2, -0.15) is 4.31 Å². The molecule has 0 saturated carbocycles. The highest BCUT2D eigenvalue weighted by Gasteiger charge is 2.27. The van der Waals surface area contributed by atoms with Gasteiger partial charge in [0.05, 0.1) is 18.0 Å². The zero-order valence-corrected chi connectivity index (χ0v) is 16.7. The Morgan fingerprint density at radius 3 is 2.33 bits per heavy atom. The van der Waals surface area contributed by atoms with E-state index in [1.165, 1.54) is 4.31 Å². The number of hydrogen-bond donors (Lipinski definition) is 1. The molecule has 0 unspecified atom stereocenters. The first kappa shape index (κ1) is 21.1. The van der Waals surface area contributed by atoms with Crippen molar-refractivity contribution in [2.75, 3.05) is 20.3 Å². The van der Waals surface area contributed by atoms with Crippen molar-refractivity contribution >= 4 is 15.9 Å².